The average Bonchev–Trinajstić information content (AvgIpc) is 2.61. The molecule has 0 bridgehead atoms. The Kier molecular flexibility index (Phi) is 3.81. The Morgan fingerprint density at radius 1 is 1.00 bits per heavy atom. The lowest BCUT2D eigenvalue weighted by Crippen LogP contribution is -2.30. The average molecular weight is 318 g/mol. The summed E-state index contributed by atoms with van der Waals surface area (Å²) in [5, 5.41) is 11.3. The topological polar surface area (TPSA) is 49.2 Å². The molecule has 2 aromatic carbocycles. The Bertz CT molecular complexity index is 885. The van der Waals surface area contributed by atoms with Gasteiger partial charge in [0.2, 0.25) is 0 Å². The highest BCUT2D eigenvalue weighted by Crippen LogP contribution is 2.32. The van der Waals surface area contributed by atoms with Crippen LogP contribution in [-0.2, 0) is 0 Å². The van der Waals surface area contributed by atoms with E-state index in [9.17, 15) is 5.11 Å². The van der Waals surface area contributed by atoms with Gasteiger partial charge in [-0.2, -0.15) is 0 Å². The predicted octanol–water partition coefficient (Wildman–Crippen LogP) is 4.12. The van der Waals surface area contributed by atoms with Gasteiger partial charge in [-0.25, -0.2) is 9.97 Å². The number of nitrogens with zero attached hydrogens (tertiary/aromatic N) is 3. The molecule has 0 spiro atoms. The predicted molar refractivity (Wildman–Crippen MR) is 97.1 cm³/mol. The van der Waals surface area contributed by atoms with E-state index in [4.69, 9.17) is 9.97 Å². The first-order valence-corrected chi connectivity index (χ1v) is 8.36. The molecule has 1 aliphatic rings. The molecule has 0 aliphatic carbocycles. The van der Waals surface area contributed by atoms with E-state index in [0.717, 1.165) is 42.7 Å². The van der Waals surface area contributed by atoms with Crippen molar-refractivity contribution < 1.29 is 5.11 Å². The van der Waals surface area contributed by atoms with Gasteiger partial charge in [0.15, 0.2) is 5.82 Å². The third kappa shape index (κ3) is 2.68. The monoisotopic (exact) mass is 318 g/mol. The molecular formula is C20H20N3O. The summed E-state index contributed by atoms with van der Waals surface area (Å²) < 4.78 is 0. The van der Waals surface area contributed by atoms with Crippen LogP contribution < -0.4 is 4.90 Å². The lowest BCUT2D eigenvalue weighted by Gasteiger charge is -2.29. The molecule has 0 saturated carbocycles. The fraction of sp³-hybridized carbons (Fsp3) is 0.250. The van der Waals surface area contributed by atoms with E-state index < -0.39 is 0 Å². The zero-order valence-corrected chi connectivity index (χ0v) is 13.7. The number of fused-ring (bicyclic) bond motifs is 1. The molecule has 2 heterocycles. The molecule has 4 nitrogen and oxygen atoms in total. The van der Waals surface area contributed by atoms with Crippen molar-refractivity contribution in [2.24, 2.45) is 0 Å². The summed E-state index contributed by atoms with van der Waals surface area (Å²) in [6.45, 7) is 4.01. The first-order chi connectivity index (χ1) is 11.7. The first kappa shape index (κ1) is 14.9. The van der Waals surface area contributed by atoms with E-state index >= 15 is 0 Å². The normalized spacial score (nSPS) is 15.0. The number of anilines is 1. The maximum atomic E-state index is 10.2. The molecule has 1 aliphatic heterocycles. The van der Waals surface area contributed by atoms with Gasteiger partial charge >= 0.3 is 0 Å². The van der Waals surface area contributed by atoms with Crippen molar-refractivity contribution in [1.29, 1.82) is 0 Å². The van der Waals surface area contributed by atoms with Crippen LogP contribution in [0, 0.1) is 13.3 Å². The van der Waals surface area contributed by atoms with Gasteiger partial charge in [-0.1, -0.05) is 18.2 Å². The smallest absolute Gasteiger partial charge is 0.165 e. The molecule has 24 heavy (non-hydrogen) atoms. The summed E-state index contributed by atoms with van der Waals surface area (Å²) in [6.07, 6.45) is 4.47. The zero-order valence-electron chi connectivity index (χ0n) is 13.7. The number of rotatable bonds is 2. The first-order valence-electron chi connectivity index (χ1n) is 8.36. The second-order valence-electron chi connectivity index (χ2n) is 6.26. The van der Waals surface area contributed by atoms with E-state index in [1.807, 2.05) is 18.2 Å². The second kappa shape index (κ2) is 6.11. The van der Waals surface area contributed by atoms with E-state index in [1.54, 1.807) is 6.07 Å². The van der Waals surface area contributed by atoms with Gasteiger partial charge in [0.1, 0.15) is 11.6 Å². The van der Waals surface area contributed by atoms with Crippen LogP contribution in [0.25, 0.3) is 22.3 Å². The number of piperidine rings is 1. The van der Waals surface area contributed by atoms with Gasteiger partial charge in [0.25, 0.3) is 0 Å². The number of phenols is 1. The number of hydrogen-bond donors (Lipinski definition) is 1. The van der Waals surface area contributed by atoms with Gasteiger partial charge in [0.05, 0.1) is 11.1 Å². The molecule has 0 atom stereocenters. The third-order valence-corrected chi connectivity index (χ3v) is 4.48. The minimum atomic E-state index is 0.211. The molecule has 1 saturated heterocycles. The Balaban J connectivity index is 1.93. The van der Waals surface area contributed by atoms with Crippen LogP contribution in [0.3, 0.4) is 0 Å². The number of aromatic nitrogens is 2. The van der Waals surface area contributed by atoms with Crippen LogP contribution in [0.1, 0.15) is 18.4 Å². The number of phenolic OH excluding ortho intramolecular Hbond substituents is 1. The second-order valence-corrected chi connectivity index (χ2v) is 6.26. The molecule has 0 unspecified atom stereocenters. The van der Waals surface area contributed by atoms with E-state index in [1.165, 1.54) is 5.56 Å². The Hall–Kier alpha value is -2.62. The van der Waals surface area contributed by atoms with Crippen LogP contribution in [-0.4, -0.2) is 28.2 Å². The molecule has 3 aromatic rings. The quantitative estimate of drug-likeness (QED) is 0.772. The van der Waals surface area contributed by atoms with Crippen LogP contribution in [0.15, 0.2) is 42.5 Å². The highest BCUT2D eigenvalue weighted by molar-refractivity contribution is 5.91. The lowest BCUT2D eigenvalue weighted by molar-refractivity contribution is 0.477. The molecular weight excluding hydrogens is 298 g/mol. The number of benzene rings is 2. The minimum Gasteiger partial charge on any atom is -0.507 e. The molecule has 4 rings (SSSR count). The Morgan fingerprint density at radius 2 is 1.79 bits per heavy atom. The lowest BCUT2D eigenvalue weighted by atomic mass is 10.1. The van der Waals surface area contributed by atoms with Gasteiger partial charge in [-0.3, -0.25) is 0 Å². The number of para-hydroxylation sites is 1. The number of aryl methyl sites for hydroxylation is 1. The summed E-state index contributed by atoms with van der Waals surface area (Å²) >= 11 is 0. The maximum absolute atomic E-state index is 10.2. The SMILES string of the molecule is Cc1ccc2c(N3CC[CH]CC3)nc(-c3ccccc3O)nc2c1. The number of hydrogen-bond acceptors (Lipinski definition) is 4. The molecule has 4 heteroatoms. The highest BCUT2D eigenvalue weighted by Gasteiger charge is 2.18. The van der Waals surface area contributed by atoms with E-state index in [-0.39, 0.29) is 5.75 Å². The van der Waals surface area contributed by atoms with Gasteiger partial charge in [-0.15, -0.1) is 0 Å². The van der Waals surface area contributed by atoms with Crippen molar-refractivity contribution in [2.45, 2.75) is 19.8 Å². The van der Waals surface area contributed by atoms with Crippen molar-refractivity contribution >= 4 is 16.7 Å². The third-order valence-electron chi connectivity index (χ3n) is 4.48. The van der Waals surface area contributed by atoms with Crippen molar-refractivity contribution in [3.63, 3.8) is 0 Å². The van der Waals surface area contributed by atoms with Gasteiger partial charge in [-0.05, 0) is 56.0 Å². The zero-order chi connectivity index (χ0) is 16.5. The molecule has 121 valence electrons. The largest absolute Gasteiger partial charge is 0.507 e. The fourth-order valence-electron chi connectivity index (χ4n) is 3.21. The van der Waals surface area contributed by atoms with Crippen molar-refractivity contribution in [2.75, 3.05) is 18.0 Å². The summed E-state index contributed by atoms with van der Waals surface area (Å²) in [5.41, 5.74) is 2.76. The summed E-state index contributed by atoms with van der Waals surface area (Å²) in [7, 11) is 0. The molecule has 1 radical (unpaired) electrons. The maximum Gasteiger partial charge on any atom is 0.165 e. The molecule has 1 N–H and O–H groups in total. The van der Waals surface area contributed by atoms with E-state index in [2.05, 4.69) is 36.4 Å². The van der Waals surface area contributed by atoms with Gasteiger partial charge < -0.3 is 10.0 Å². The fourth-order valence-corrected chi connectivity index (χ4v) is 3.21. The highest BCUT2D eigenvalue weighted by atomic mass is 16.3. The minimum absolute atomic E-state index is 0.211. The standard InChI is InChI=1S/C20H20N3O/c1-14-9-10-15-17(13-14)21-19(16-7-3-4-8-18(16)24)22-20(15)23-11-5-2-6-12-23/h2-4,7-10,13,24H,5-6,11-12H2,1H3. The van der Waals surface area contributed by atoms with Gasteiger partial charge in [0, 0.05) is 18.5 Å². The van der Waals surface area contributed by atoms with Crippen LogP contribution >= 0.6 is 0 Å². The van der Waals surface area contributed by atoms with Crippen molar-refractivity contribution in [1.82, 2.24) is 9.97 Å². The van der Waals surface area contributed by atoms with Crippen LogP contribution in [0.4, 0.5) is 5.82 Å². The number of aromatic hydroxyl groups is 1. The van der Waals surface area contributed by atoms with Crippen molar-refractivity contribution in [3.05, 3.63) is 54.4 Å². The van der Waals surface area contributed by atoms with Crippen LogP contribution in [0.5, 0.6) is 5.75 Å². The summed E-state index contributed by atoms with van der Waals surface area (Å²) in [6, 6.07) is 13.5. The molecule has 1 fully saturated rings. The van der Waals surface area contributed by atoms with E-state index in [0.29, 0.717) is 11.4 Å². The summed E-state index contributed by atoms with van der Waals surface area (Å²) in [4.78, 5) is 11.9. The van der Waals surface area contributed by atoms with Crippen LogP contribution in [0.2, 0.25) is 0 Å². The molecule has 0 amide bonds. The molecule has 1 aromatic heterocycles. The Morgan fingerprint density at radius 3 is 2.58 bits per heavy atom. The summed E-state index contributed by atoms with van der Waals surface area (Å²) in [5.74, 6) is 1.75. The van der Waals surface area contributed by atoms with Crippen molar-refractivity contribution in [3.8, 4) is 17.1 Å². The Labute approximate surface area is 141 Å².